The number of fused-ring (bicyclic) bond motifs is 1. The van der Waals surface area contributed by atoms with Crippen molar-refractivity contribution in [2.75, 3.05) is 31.6 Å². The first-order valence-corrected chi connectivity index (χ1v) is 10.8. The van der Waals surface area contributed by atoms with E-state index in [9.17, 15) is 4.79 Å². The lowest BCUT2D eigenvalue weighted by atomic mass is 10.0. The first kappa shape index (κ1) is 21.1. The number of rotatable bonds is 7. The molecule has 7 nitrogen and oxygen atoms in total. The number of H-pyrrole nitrogens is 1. The Kier molecular flexibility index (Phi) is 6.32. The van der Waals surface area contributed by atoms with Crippen molar-refractivity contribution in [1.82, 2.24) is 19.9 Å². The van der Waals surface area contributed by atoms with E-state index in [1.165, 1.54) is 5.69 Å². The van der Waals surface area contributed by atoms with Gasteiger partial charge in [-0.25, -0.2) is 4.98 Å². The SMILES string of the molecule is CCN(CC)c1ccc(CN2CCc3c(nc(-c4ccccn4)[nH]c3=O)C2)c(OC)c1. The molecule has 3 heterocycles. The number of benzene rings is 1. The number of aromatic nitrogens is 3. The summed E-state index contributed by atoms with van der Waals surface area (Å²) in [5.41, 5.74) is 4.52. The molecule has 0 radical (unpaired) electrons. The molecule has 0 aliphatic carbocycles. The quantitative estimate of drug-likeness (QED) is 0.634. The van der Waals surface area contributed by atoms with E-state index >= 15 is 0 Å². The molecule has 0 saturated heterocycles. The number of pyridine rings is 1. The molecule has 0 unspecified atom stereocenters. The van der Waals surface area contributed by atoms with Crippen molar-refractivity contribution in [1.29, 1.82) is 0 Å². The van der Waals surface area contributed by atoms with Crippen LogP contribution in [0.3, 0.4) is 0 Å². The summed E-state index contributed by atoms with van der Waals surface area (Å²) < 4.78 is 5.70. The highest BCUT2D eigenvalue weighted by Crippen LogP contribution is 2.28. The molecule has 1 N–H and O–H groups in total. The van der Waals surface area contributed by atoms with Gasteiger partial charge in [-0.05, 0) is 38.5 Å². The van der Waals surface area contributed by atoms with Crippen LogP contribution >= 0.6 is 0 Å². The number of anilines is 1. The summed E-state index contributed by atoms with van der Waals surface area (Å²) in [4.78, 5) is 29.2. The summed E-state index contributed by atoms with van der Waals surface area (Å²) in [6.07, 6.45) is 2.38. The van der Waals surface area contributed by atoms with Gasteiger partial charge in [-0.1, -0.05) is 12.1 Å². The van der Waals surface area contributed by atoms with Gasteiger partial charge >= 0.3 is 0 Å². The smallest absolute Gasteiger partial charge is 0.254 e. The molecule has 0 bridgehead atoms. The lowest BCUT2D eigenvalue weighted by Gasteiger charge is -2.29. The van der Waals surface area contributed by atoms with Crippen LogP contribution < -0.4 is 15.2 Å². The third kappa shape index (κ3) is 4.46. The van der Waals surface area contributed by atoms with Crippen molar-refractivity contribution in [3.63, 3.8) is 0 Å². The van der Waals surface area contributed by atoms with Crippen LogP contribution in [-0.2, 0) is 19.5 Å². The van der Waals surface area contributed by atoms with Crippen LogP contribution in [-0.4, -0.2) is 46.6 Å². The van der Waals surface area contributed by atoms with Gasteiger partial charge < -0.3 is 14.6 Å². The van der Waals surface area contributed by atoms with Gasteiger partial charge in [0.05, 0.1) is 12.8 Å². The molecular weight excluding hydrogens is 390 g/mol. The van der Waals surface area contributed by atoms with E-state index in [1.807, 2.05) is 18.2 Å². The second-order valence-electron chi connectivity index (χ2n) is 7.68. The highest BCUT2D eigenvalue weighted by atomic mass is 16.5. The predicted octanol–water partition coefficient (Wildman–Crippen LogP) is 3.25. The van der Waals surface area contributed by atoms with Crippen LogP contribution in [0.15, 0.2) is 47.4 Å². The van der Waals surface area contributed by atoms with Crippen molar-refractivity contribution in [2.45, 2.75) is 33.4 Å². The number of hydrogen-bond donors (Lipinski definition) is 1. The summed E-state index contributed by atoms with van der Waals surface area (Å²) >= 11 is 0. The topological polar surface area (TPSA) is 74.4 Å². The van der Waals surface area contributed by atoms with Gasteiger partial charge in [-0.3, -0.25) is 14.7 Å². The summed E-state index contributed by atoms with van der Waals surface area (Å²) in [5.74, 6) is 1.41. The monoisotopic (exact) mass is 419 g/mol. The summed E-state index contributed by atoms with van der Waals surface area (Å²) in [6.45, 7) is 8.41. The molecule has 0 spiro atoms. The van der Waals surface area contributed by atoms with Gasteiger partial charge in [0.15, 0.2) is 5.82 Å². The molecule has 0 saturated carbocycles. The molecule has 1 aromatic carbocycles. The minimum Gasteiger partial charge on any atom is -0.496 e. The molecule has 7 heteroatoms. The highest BCUT2D eigenvalue weighted by molar-refractivity contribution is 5.54. The standard InChI is InChI=1S/C24H29N5O2/c1-4-29(5-2)18-10-9-17(22(14-18)31-3)15-28-13-11-19-21(16-28)26-23(27-24(19)30)20-8-6-7-12-25-20/h6-10,12,14H,4-5,11,13,15-16H2,1-3H3,(H,26,27,30). The zero-order valence-electron chi connectivity index (χ0n) is 18.4. The molecule has 31 heavy (non-hydrogen) atoms. The fourth-order valence-corrected chi connectivity index (χ4v) is 4.14. The largest absolute Gasteiger partial charge is 0.496 e. The Hall–Kier alpha value is -3.19. The number of aromatic amines is 1. The first-order chi connectivity index (χ1) is 15.1. The Morgan fingerprint density at radius 1 is 1.19 bits per heavy atom. The minimum atomic E-state index is -0.0635. The molecule has 0 atom stereocenters. The van der Waals surface area contributed by atoms with Crippen LogP contribution in [0.25, 0.3) is 11.5 Å². The zero-order valence-corrected chi connectivity index (χ0v) is 18.4. The predicted molar refractivity (Wildman–Crippen MR) is 122 cm³/mol. The Morgan fingerprint density at radius 3 is 2.74 bits per heavy atom. The van der Waals surface area contributed by atoms with Gasteiger partial charge in [-0.15, -0.1) is 0 Å². The third-order valence-corrected chi connectivity index (χ3v) is 5.85. The van der Waals surface area contributed by atoms with E-state index in [-0.39, 0.29) is 5.56 Å². The minimum absolute atomic E-state index is 0.0635. The molecule has 1 aliphatic rings. The van der Waals surface area contributed by atoms with E-state index in [0.717, 1.165) is 48.7 Å². The van der Waals surface area contributed by atoms with Gasteiger partial charge in [0.1, 0.15) is 11.4 Å². The number of nitrogens with one attached hydrogen (secondary N) is 1. The fraction of sp³-hybridized carbons (Fsp3) is 0.375. The number of methoxy groups -OCH3 is 1. The average molecular weight is 420 g/mol. The zero-order chi connectivity index (χ0) is 21.8. The van der Waals surface area contributed by atoms with Gasteiger partial charge in [0.2, 0.25) is 0 Å². The van der Waals surface area contributed by atoms with E-state index < -0.39 is 0 Å². The number of ether oxygens (including phenoxy) is 1. The van der Waals surface area contributed by atoms with Crippen molar-refractivity contribution in [3.05, 3.63) is 69.8 Å². The van der Waals surface area contributed by atoms with Crippen LogP contribution in [0.2, 0.25) is 0 Å². The van der Waals surface area contributed by atoms with Gasteiger partial charge in [0.25, 0.3) is 5.56 Å². The van der Waals surface area contributed by atoms with Crippen LogP contribution in [0.5, 0.6) is 5.75 Å². The van der Waals surface area contributed by atoms with E-state index in [1.54, 1.807) is 13.3 Å². The number of nitrogens with zero attached hydrogens (tertiary/aromatic N) is 4. The first-order valence-electron chi connectivity index (χ1n) is 10.8. The molecule has 4 rings (SSSR count). The van der Waals surface area contributed by atoms with Gasteiger partial charge in [0, 0.05) is 61.8 Å². The second kappa shape index (κ2) is 9.31. The maximum atomic E-state index is 12.6. The molecule has 0 fully saturated rings. The molecule has 1 aliphatic heterocycles. The van der Waals surface area contributed by atoms with Crippen molar-refractivity contribution in [2.24, 2.45) is 0 Å². The number of hydrogen-bond acceptors (Lipinski definition) is 6. The van der Waals surface area contributed by atoms with Gasteiger partial charge in [-0.2, -0.15) is 0 Å². The van der Waals surface area contributed by atoms with E-state index in [0.29, 0.717) is 24.5 Å². The molecule has 162 valence electrons. The van der Waals surface area contributed by atoms with Crippen LogP contribution in [0.1, 0.15) is 30.7 Å². The molecule has 3 aromatic rings. The summed E-state index contributed by atoms with van der Waals surface area (Å²) in [7, 11) is 1.72. The van der Waals surface area contributed by atoms with E-state index in [4.69, 9.17) is 9.72 Å². The molecule has 2 aromatic heterocycles. The van der Waals surface area contributed by atoms with E-state index in [2.05, 4.69) is 51.8 Å². The highest BCUT2D eigenvalue weighted by Gasteiger charge is 2.22. The summed E-state index contributed by atoms with van der Waals surface area (Å²) in [6, 6.07) is 12.0. The second-order valence-corrected chi connectivity index (χ2v) is 7.68. The van der Waals surface area contributed by atoms with Crippen molar-refractivity contribution < 1.29 is 4.74 Å². The Balaban J connectivity index is 1.57. The lowest BCUT2D eigenvalue weighted by Crippen LogP contribution is -2.35. The van der Waals surface area contributed by atoms with Crippen molar-refractivity contribution in [3.8, 4) is 17.3 Å². The Morgan fingerprint density at radius 2 is 2.03 bits per heavy atom. The summed E-state index contributed by atoms with van der Waals surface area (Å²) in [5, 5.41) is 0. The normalized spacial score (nSPS) is 13.6. The van der Waals surface area contributed by atoms with Crippen molar-refractivity contribution >= 4 is 5.69 Å². The average Bonchev–Trinajstić information content (AvgIpc) is 2.81. The van der Waals surface area contributed by atoms with Crippen LogP contribution in [0, 0.1) is 0 Å². The Labute approximate surface area is 182 Å². The molecule has 0 amide bonds. The third-order valence-electron chi connectivity index (χ3n) is 5.85. The molecular formula is C24H29N5O2. The lowest BCUT2D eigenvalue weighted by molar-refractivity contribution is 0.237. The maximum Gasteiger partial charge on any atom is 0.254 e. The fourth-order valence-electron chi connectivity index (χ4n) is 4.14. The Bertz CT molecular complexity index is 1090. The maximum absolute atomic E-state index is 12.6. The van der Waals surface area contributed by atoms with Crippen LogP contribution in [0.4, 0.5) is 5.69 Å².